The number of rotatable bonds is 7. The van der Waals surface area contributed by atoms with E-state index in [1.54, 1.807) is 6.33 Å². The summed E-state index contributed by atoms with van der Waals surface area (Å²) in [5.41, 5.74) is 3.80. The van der Waals surface area contributed by atoms with Gasteiger partial charge in [0.25, 0.3) is 0 Å². The lowest BCUT2D eigenvalue weighted by Gasteiger charge is -2.14. The van der Waals surface area contributed by atoms with Crippen LogP contribution in [0.2, 0.25) is 0 Å². The molecule has 0 spiro atoms. The van der Waals surface area contributed by atoms with Crippen LogP contribution < -0.4 is 5.32 Å². The summed E-state index contributed by atoms with van der Waals surface area (Å²) in [6, 6.07) is 14.3. The molecule has 0 fully saturated rings. The Morgan fingerprint density at radius 2 is 1.92 bits per heavy atom. The van der Waals surface area contributed by atoms with Gasteiger partial charge in [0.2, 0.25) is 5.91 Å². The molecule has 1 amide bonds. The lowest BCUT2D eigenvalue weighted by molar-refractivity contribution is -0.141. The number of aromatic nitrogens is 2. The first kappa shape index (κ1) is 17.7. The number of fused-ring (bicyclic) bond motifs is 1. The molecule has 0 saturated carbocycles. The van der Waals surface area contributed by atoms with Crippen LogP contribution in [-0.4, -0.2) is 32.6 Å². The number of carbonyl (C=O) groups excluding carboxylic acids is 1. The molecule has 2 N–H and O–H groups in total. The molecule has 0 aliphatic heterocycles. The predicted molar refractivity (Wildman–Crippen MR) is 98.7 cm³/mol. The number of benzene rings is 2. The second-order valence-electron chi connectivity index (χ2n) is 6.33. The average Bonchev–Trinajstić information content (AvgIpc) is 3.01. The van der Waals surface area contributed by atoms with Gasteiger partial charge in [-0.3, -0.25) is 4.79 Å². The Morgan fingerprint density at radius 3 is 2.65 bits per heavy atom. The Bertz CT molecular complexity index is 918. The van der Waals surface area contributed by atoms with Crippen molar-refractivity contribution < 1.29 is 14.7 Å². The minimum Gasteiger partial charge on any atom is -0.480 e. The highest BCUT2D eigenvalue weighted by molar-refractivity contribution is 5.84. The maximum Gasteiger partial charge on any atom is 0.326 e. The van der Waals surface area contributed by atoms with E-state index in [0.717, 1.165) is 22.2 Å². The fourth-order valence-corrected chi connectivity index (χ4v) is 2.91. The van der Waals surface area contributed by atoms with Crippen LogP contribution >= 0.6 is 0 Å². The molecular formula is C20H21N3O3. The molecule has 1 unspecified atom stereocenters. The highest BCUT2D eigenvalue weighted by Gasteiger charge is 2.20. The van der Waals surface area contributed by atoms with Gasteiger partial charge in [-0.05, 0) is 29.7 Å². The summed E-state index contributed by atoms with van der Waals surface area (Å²) >= 11 is 0. The van der Waals surface area contributed by atoms with E-state index in [4.69, 9.17) is 0 Å². The van der Waals surface area contributed by atoms with Gasteiger partial charge in [0.15, 0.2) is 0 Å². The molecule has 0 saturated heterocycles. The summed E-state index contributed by atoms with van der Waals surface area (Å²) in [6.07, 6.45) is 2.79. The third-order valence-electron chi connectivity index (χ3n) is 4.35. The summed E-state index contributed by atoms with van der Waals surface area (Å²) in [5, 5.41) is 12.0. The Labute approximate surface area is 151 Å². The summed E-state index contributed by atoms with van der Waals surface area (Å²) in [5.74, 6) is -1.30. The van der Waals surface area contributed by atoms with Gasteiger partial charge < -0.3 is 15.0 Å². The second kappa shape index (κ2) is 7.82. The molecule has 3 rings (SSSR count). The van der Waals surface area contributed by atoms with Gasteiger partial charge in [0.1, 0.15) is 6.04 Å². The van der Waals surface area contributed by atoms with Crippen LogP contribution in [0.3, 0.4) is 0 Å². The van der Waals surface area contributed by atoms with Crippen LogP contribution in [0.15, 0.2) is 54.9 Å². The molecule has 1 atom stereocenters. The molecule has 3 aromatic rings. The molecule has 0 aliphatic rings. The maximum absolute atomic E-state index is 12.2. The zero-order chi connectivity index (χ0) is 18.5. The smallest absolute Gasteiger partial charge is 0.326 e. The van der Waals surface area contributed by atoms with Crippen LogP contribution in [-0.2, 0) is 29.5 Å². The molecule has 6 nitrogen and oxygen atoms in total. The number of carboxylic acids is 1. The van der Waals surface area contributed by atoms with E-state index in [1.165, 1.54) is 0 Å². The van der Waals surface area contributed by atoms with Crippen LogP contribution in [0.5, 0.6) is 0 Å². The van der Waals surface area contributed by atoms with Crippen molar-refractivity contribution >= 4 is 22.9 Å². The minimum atomic E-state index is -1.03. The minimum absolute atomic E-state index is 0.233. The number of amides is 1. The van der Waals surface area contributed by atoms with Crippen molar-refractivity contribution in [1.82, 2.24) is 14.9 Å². The SMILES string of the molecule is Cn1cnc2cc(CCC(=O)NC(Cc3ccccc3)C(=O)O)ccc21. The second-order valence-corrected chi connectivity index (χ2v) is 6.33. The van der Waals surface area contributed by atoms with E-state index in [9.17, 15) is 14.7 Å². The number of carbonyl (C=O) groups is 2. The summed E-state index contributed by atoms with van der Waals surface area (Å²) in [4.78, 5) is 27.9. The summed E-state index contributed by atoms with van der Waals surface area (Å²) in [7, 11) is 1.93. The van der Waals surface area contributed by atoms with Crippen molar-refractivity contribution in [3.05, 3.63) is 66.0 Å². The van der Waals surface area contributed by atoms with Crippen molar-refractivity contribution in [2.75, 3.05) is 0 Å². The molecule has 0 bridgehead atoms. The molecule has 0 aliphatic carbocycles. The number of carboxylic acid groups (broad SMARTS) is 1. The summed E-state index contributed by atoms with van der Waals surface area (Å²) < 4.78 is 1.94. The standard InChI is InChI=1S/C20H21N3O3/c1-23-13-21-16-11-15(7-9-18(16)23)8-10-19(24)22-17(20(25)26)12-14-5-3-2-4-6-14/h2-7,9,11,13,17H,8,10,12H2,1H3,(H,22,24)(H,25,26). The van der Waals surface area contributed by atoms with E-state index in [2.05, 4.69) is 10.3 Å². The number of aliphatic carboxylic acids is 1. The van der Waals surface area contributed by atoms with Gasteiger partial charge in [-0.25, -0.2) is 9.78 Å². The summed E-state index contributed by atoms with van der Waals surface area (Å²) in [6.45, 7) is 0. The van der Waals surface area contributed by atoms with Crippen LogP contribution in [0.1, 0.15) is 17.5 Å². The van der Waals surface area contributed by atoms with Crippen molar-refractivity contribution in [2.45, 2.75) is 25.3 Å². The molecule has 0 radical (unpaired) electrons. The van der Waals surface area contributed by atoms with Crippen molar-refractivity contribution in [3.8, 4) is 0 Å². The zero-order valence-corrected chi connectivity index (χ0v) is 14.6. The van der Waals surface area contributed by atoms with E-state index < -0.39 is 12.0 Å². The average molecular weight is 351 g/mol. The van der Waals surface area contributed by atoms with Crippen LogP contribution in [0.4, 0.5) is 0 Å². The highest BCUT2D eigenvalue weighted by atomic mass is 16.4. The fourth-order valence-electron chi connectivity index (χ4n) is 2.91. The first-order valence-corrected chi connectivity index (χ1v) is 8.49. The normalized spacial score (nSPS) is 12.0. The van der Waals surface area contributed by atoms with Gasteiger partial charge in [0.05, 0.1) is 17.4 Å². The van der Waals surface area contributed by atoms with Gasteiger partial charge >= 0.3 is 5.97 Å². The largest absolute Gasteiger partial charge is 0.480 e. The van der Waals surface area contributed by atoms with Gasteiger partial charge in [-0.15, -0.1) is 0 Å². The Hall–Kier alpha value is -3.15. The van der Waals surface area contributed by atoms with Gasteiger partial charge in [-0.1, -0.05) is 36.4 Å². The van der Waals surface area contributed by atoms with Crippen LogP contribution in [0, 0.1) is 0 Å². The molecule has 2 aromatic carbocycles. The van der Waals surface area contributed by atoms with Crippen LogP contribution in [0.25, 0.3) is 11.0 Å². The first-order chi connectivity index (χ1) is 12.5. The predicted octanol–water partition coefficient (Wildman–Crippen LogP) is 2.32. The van der Waals surface area contributed by atoms with E-state index >= 15 is 0 Å². The molecule has 134 valence electrons. The molecule has 6 heteroatoms. The number of aryl methyl sites for hydroxylation is 2. The van der Waals surface area contributed by atoms with Crippen molar-refractivity contribution in [1.29, 1.82) is 0 Å². The van der Waals surface area contributed by atoms with Crippen molar-refractivity contribution in [3.63, 3.8) is 0 Å². The van der Waals surface area contributed by atoms with E-state index in [-0.39, 0.29) is 18.7 Å². The maximum atomic E-state index is 12.2. The third kappa shape index (κ3) is 4.27. The quantitative estimate of drug-likeness (QED) is 0.684. The van der Waals surface area contributed by atoms with Gasteiger partial charge in [0, 0.05) is 19.9 Å². The molecule has 1 heterocycles. The fraction of sp³-hybridized carbons (Fsp3) is 0.250. The van der Waals surface area contributed by atoms with E-state index in [0.29, 0.717) is 6.42 Å². The number of imidazole rings is 1. The zero-order valence-electron chi connectivity index (χ0n) is 14.6. The molecule has 26 heavy (non-hydrogen) atoms. The van der Waals surface area contributed by atoms with Crippen molar-refractivity contribution in [2.24, 2.45) is 7.05 Å². The number of nitrogens with one attached hydrogen (secondary N) is 1. The number of hydrogen-bond donors (Lipinski definition) is 2. The number of nitrogens with zero attached hydrogens (tertiary/aromatic N) is 2. The van der Waals surface area contributed by atoms with Gasteiger partial charge in [-0.2, -0.15) is 0 Å². The lowest BCUT2D eigenvalue weighted by atomic mass is 10.1. The van der Waals surface area contributed by atoms with E-state index in [1.807, 2.05) is 60.1 Å². The Morgan fingerprint density at radius 1 is 1.15 bits per heavy atom. The molecular weight excluding hydrogens is 330 g/mol. The Kier molecular flexibility index (Phi) is 5.31. The Balaban J connectivity index is 1.58. The topological polar surface area (TPSA) is 84.2 Å². The first-order valence-electron chi connectivity index (χ1n) is 8.49. The monoisotopic (exact) mass is 351 g/mol. The third-order valence-corrected chi connectivity index (χ3v) is 4.35. The number of hydrogen-bond acceptors (Lipinski definition) is 3. The lowest BCUT2D eigenvalue weighted by Crippen LogP contribution is -2.42. The highest BCUT2D eigenvalue weighted by Crippen LogP contribution is 2.15. The molecule has 1 aromatic heterocycles.